The monoisotopic (exact) mass is 314 g/mol. The summed E-state index contributed by atoms with van der Waals surface area (Å²) in [5.41, 5.74) is 6.01. The molecule has 0 saturated heterocycles. The predicted molar refractivity (Wildman–Crippen MR) is 81.9 cm³/mol. The van der Waals surface area contributed by atoms with Gasteiger partial charge >= 0.3 is 0 Å². The minimum atomic E-state index is -3.91. The Morgan fingerprint density at radius 3 is 2.62 bits per heavy atom. The predicted octanol–water partition coefficient (Wildman–Crippen LogP) is 2.96. The van der Waals surface area contributed by atoms with Crippen LogP contribution in [-0.2, 0) is 10.0 Å². The van der Waals surface area contributed by atoms with Crippen molar-refractivity contribution in [3.05, 3.63) is 23.5 Å². The summed E-state index contributed by atoms with van der Waals surface area (Å²) in [7, 11) is -3.91. The first-order valence-corrected chi connectivity index (χ1v) is 8.70. The summed E-state index contributed by atoms with van der Waals surface area (Å²) in [6.07, 6.45) is 3.81. The molecule has 1 fully saturated rings. The van der Waals surface area contributed by atoms with Gasteiger partial charge in [0.15, 0.2) is 0 Å². The molecule has 21 heavy (non-hydrogen) atoms. The second-order valence-electron chi connectivity index (χ2n) is 6.56. The van der Waals surface area contributed by atoms with Crippen LogP contribution in [0.25, 0.3) is 0 Å². The quantitative estimate of drug-likeness (QED) is 0.843. The van der Waals surface area contributed by atoms with Crippen LogP contribution >= 0.6 is 0 Å². The Hall–Kier alpha value is -1.14. The fourth-order valence-electron chi connectivity index (χ4n) is 2.92. The average molecular weight is 314 g/mol. The van der Waals surface area contributed by atoms with Gasteiger partial charge in [-0.2, -0.15) is 0 Å². The van der Waals surface area contributed by atoms with Crippen molar-refractivity contribution < 1.29 is 12.8 Å². The highest BCUT2D eigenvalue weighted by atomic mass is 32.2. The molecule has 4 nitrogen and oxygen atoms in total. The van der Waals surface area contributed by atoms with Gasteiger partial charge in [-0.15, -0.1) is 0 Å². The maximum absolute atomic E-state index is 14.1. The molecular weight excluding hydrogens is 291 g/mol. The Labute approximate surface area is 126 Å². The Bertz CT molecular complexity index is 641. The molecule has 118 valence electrons. The Balaban J connectivity index is 2.35. The summed E-state index contributed by atoms with van der Waals surface area (Å²) in [5, 5.41) is 0. The summed E-state index contributed by atoms with van der Waals surface area (Å²) in [4.78, 5) is -0.360. The van der Waals surface area contributed by atoms with Crippen molar-refractivity contribution >= 4 is 15.7 Å². The standard InChI is InChI=1S/C15H23FN2O2S/c1-10-8-11(17)9-12(14(10)16)21(19,20)18-13-6-4-5-7-15(13,2)3/h8-9,13,18H,4-7,17H2,1-3H3. The molecule has 6 heteroatoms. The van der Waals surface area contributed by atoms with Gasteiger partial charge in [0, 0.05) is 11.7 Å². The number of hydrogen-bond donors (Lipinski definition) is 2. The lowest BCUT2D eigenvalue weighted by Gasteiger charge is -2.38. The van der Waals surface area contributed by atoms with Gasteiger partial charge in [-0.05, 0) is 42.9 Å². The van der Waals surface area contributed by atoms with Crippen LogP contribution in [0.2, 0.25) is 0 Å². The van der Waals surface area contributed by atoms with Crippen molar-refractivity contribution in [2.75, 3.05) is 5.73 Å². The second-order valence-corrected chi connectivity index (χ2v) is 8.24. The molecule has 1 atom stereocenters. The fourth-order valence-corrected chi connectivity index (χ4v) is 4.55. The van der Waals surface area contributed by atoms with E-state index >= 15 is 0 Å². The number of halogens is 1. The number of hydrogen-bond acceptors (Lipinski definition) is 3. The first-order chi connectivity index (χ1) is 9.63. The third kappa shape index (κ3) is 3.37. The Kier molecular flexibility index (Phi) is 4.31. The van der Waals surface area contributed by atoms with E-state index in [1.54, 1.807) is 0 Å². The number of nitrogens with two attached hydrogens (primary N) is 1. The maximum Gasteiger partial charge on any atom is 0.243 e. The van der Waals surface area contributed by atoms with Crippen LogP contribution in [-0.4, -0.2) is 14.5 Å². The number of sulfonamides is 1. The van der Waals surface area contributed by atoms with E-state index in [0.717, 1.165) is 25.7 Å². The van der Waals surface area contributed by atoms with Gasteiger partial charge in [-0.1, -0.05) is 26.7 Å². The number of anilines is 1. The smallest absolute Gasteiger partial charge is 0.243 e. The van der Waals surface area contributed by atoms with Crippen molar-refractivity contribution in [2.45, 2.75) is 57.4 Å². The topological polar surface area (TPSA) is 72.2 Å². The first-order valence-electron chi connectivity index (χ1n) is 7.21. The Morgan fingerprint density at radius 2 is 2.00 bits per heavy atom. The molecule has 1 aliphatic carbocycles. The molecule has 2 rings (SSSR count). The number of benzene rings is 1. The fraction of sp³-hybridized carbons (Fsp3) is 0.600. The highest BCUT2D eigenvalue weighted by Gasteiger charge is 2.36. The number of nitrogens with one attached hydrogen (secondary N) is 1. The van der Waals surface area contributed by atoms with Crippen molar-refractivity contribution in [3.8, 4) is 0 Å². The van der Waals surface area contributed by atoms with Crippen molar-refractivity contribution in [3.63, 3.8) is 0 Å². The molecule has 0 spiro atoms. The number of nitrogen functional groups attached to an aromatic ring is 1. The lowest BCUT2D eigenvalue weighted by molar-refractivity contribution is 0.188. The molecule has 1 aromatic carbocycles. The molecule has 1 aromatic rings. The molecule has 1 saturated carbocycles. The number of rotatable bonds is 3. The van der Waals surface area contributed by atoms with E-state index in [1.807, 2.05) is 13.8 Å². The van der Waals surface area contributed by atoms with Gasteiger partial charge in [0.2, 0.25) is 10.0 Å². The minimum Gasteiger partial charge on any atom is -0.399 e. The van der Waals surface area contributed by atoms with E-state index in [1.165, 1.54) is 19.1 Å². The van der Waals surface area contributed by atoms with Crippen LogP contribution in [0.1, 0.15) is 45.1 Å². The highest BCUT2D eigenvalue weighted by molar-refractivity contribution is 7.89. The normalized spacial score (nSPS) is 22.2. The zero-order valence-electron chi connectivity index (χ0n) is 12.7. The van der Waals surface area contributed by atoms with Crippen LogP contribution in [0.5, 0.6) is 0 Å². The summed E-state index contributed by atoms with van der Waals surface area (Å²) >= 11 is 0. The molecule has 0 bridgehead atoms. The molecule has 0 aliphatic heterocycles. The van der Waals surface area contributed by atoms with Gasteiger partial charge in [-0.25, -0.2) is 17.5 Å². The number of aryl methyl sites for hydroxylation is 1. The van der Waals surface area contributed by atoms with Gasteiger partial charge in [0.25, 0.3) is 0 Å². The molecule has 0 heterocycles. The Morgan fingerprint density at radius 1 is 1.33 bits per heavy atom. The molecular formula is C15H23FN2O2S. The summed E-state index contributed by atoms with van der Waals surface area (Å²) in [6.45, 7) is 5.59. The van der Waals surface area contributed by atoms with Crippen LogP contribution in [0, 0.1) is 18.2 Å². The van der Waals surface area contributed by atoms with Crippen molar-refractivity contribution in [2.24, 2.45) is 5.41 Å². The van der Waals surface area contributed by atoms with E-state index in [9.17, 15) is 12.8 Å². The van der Waals surface area contributed by atoms with Crippen LogP contribution < -0.4 is 10.5 Å². The largest absolute Gasteiger partial charge is 0.399 e. The summed E-state index contributed by atoms with van der Waals surface area (Å²) in [5.74, 6) is -0.731. The summed E-state index contributed by atoms with van der Waals surface area (Å²) in [6, 6.07) is 2.43. The van der Waals surface area contributed by atoms with Crippen molar-refractivity contribution in [1.29, 1.82) is 0 Å². The van der Waals surface area contributed by atoms with Gasteiger partial charge in [-0.3, -0.25) is 0 Å². The lowest BCUT2D eigenvalue weighted by atomic mass is 9.74. The summed E-state index contributed by atoms with van der Waals surface area (Å²) < 4.78 is 41.8. The van der Waals surface area contributed by atoms with E-state index in [0.29, 0.717) is 0 Å². The molecule has 0 amide bonds. The minimum absolute atomic E-state index is 0.128. The van der Waals surface area contributed by atoms with E-state index in [4.69, 9.17) is 5.73 Å². The maximum atomic E-state index is 14.1. The van der Waals surface area contributed by atoms with Gasteiger partial charge in [0.05, 0.1) is 0 Å². The first kappa shape index (κ1) is 16.2. The molecule has 1 unspecified atom stereocenters. The molecule has 0 aromatic heterocycles. The second kappa shape index (κ2) is 5.57. The van der Waals surface area contributed by atoms with Crippen LogP contribution in [0.3, 0.4) is 0 Å². The molecule has 0 radical (unpaired) electrons. The van der Waals surface area contributed by atoms with Crippen LogP contribution in [0.4, 0.5) is 10.1 Å². The van der Waals surface area contributed by atoms with Crippen molar-refractivity contribution in [1.82, 2.24) is 4.72 Å². The molecule has 1 aliphatic rings. The SMILES string of the molecule is Cc1cc(N)cc(S(=O)(=O)NC2CCCCC2(C)C)c1F. The highest BCUT2D eigenvalue weighted by Crippen LogP contribution is 2.36. The van der Waals surface area contributed by atoms with E-state index in [2.05, 4.69) is 4.72 Å². The molecule has 3 N–H and O–H groups in total. The third-order valence-electron chi connectivity index (χ3n) is 4.34. The van der Waals surface area contributed by atoms with Crippen LogP contribution in [0.15, 0.2) is 17.0 Å². The zero-order chi connectivity index (χ0) is 15.8. The lowest BCUT2D eigenvalue weighted by Crippen LogP contribution is -2.46. The van der Waals surface area contributed by atoms with Gasteiger partial charge in [0.1, 0.15) is 10.7 Å². The van der Waals surface area contributed by atoms with E-state index < -0.39 is 15.8 Å². The van der Waals surface area contributed by atoms with E-state index in [-0.39, 0.29) is 27.6 Å². The third-order valence-corrected chi connectivity index (χ3v) is 5.81. The zero-order valence-corrected chi connectivity index (χ0v) is 13.6. The average Bonchev–Trinajstić information content (AvgIpc) is 2.36. The van der Waals surface area contributed by atoms with Gasteiger partial charge < -0.3 is 5.73 Å².